The van der Waals surface area contributed by atoms with E-state index in [0.29, 0.717) is 21.6 Å². The number of halogens is 2. The number of carbonyl (C=O) groups is 1. The zero-order valence-electron chi connectivity index (χ0n) is 11.1. The van der Waals surface area contributed by atoms with Crippen LogP contribution >= 0.6 is 31.9 Å². The van der Waals surface area contributed by atoms with Gasteiger partial charge in [-0.2, -0.15) is 5.10 Å². The topological polar surface area (TPSA) is 81.4 Å². The fourth-order valence-corrected chi connectivity index (χ4v) is 3.10. The lowest BCUT2D eigenvalue weighted by molar-refractivity contribution is 0.0686. The van der Waals surface area contributed by atoms with E-state index in [1.807, 2.05) is 0 Å². The highest BCUT2D eigenvalue weighted by molar-refractivity contribution is 9.11. The average molecular weight is 418 g/mol. The molecule has 1 aromatic heterocycles. The van der Waals surface area contributed by atoms with Crippen molar-refractivity contribution in [1.82, 2.24) is 9.78 Å². The van der Waals surface area contributed by atoms with Crippen LogP contribution in [0.1, 0.15) is 16.2 Å². The molecule has 110 valence electrons. The maximum Gasteiger partial charge on any atom is 0.360 e. The molecular formula is C13H10Br2N2O4. The summed E-state index contributed by atoms with van der Waals surface area (Å²) < 4.78 is 8.00. The summed E-state index contributed by atoms with van der Waals surface area (Å²) in [7, 11) is 1.52. The van der Waals surface area contributed by atoms with Gasteiger partial charge in [0.25, 0.3) is 0 Å². The molecule has 1 N–H and O–H groups in total. The number of carboxylic acids is 1. The van der Waals surface area contributed by atoms with E-state index in [-0.39, 0.29) is 0 Å². The van der Waals surface area contributed by atoms with Gasteiger partial charge in [0.2, 0.25) is 11.1 Å². The Labute approximate surface area is 136 Å². The minimum absolute atomic E-state index is 0.509. The van der Waals surface area contributed by atoms with Gasteiger partial charge in [-0.3, -0.25) is 4.79 Å². The number of benzene rings is 1. The molecule has 0 radical (unpaired) electrons. The quantitative estimate of drug-likeness (QED) is 0.830. The molecule has 0 atom stereocenters. The molecule has 21 heavy (non-hydrogen) atoms. The molecule has 6 nitrogen and oxygen atoms in total. The number of carboxylic acid groups (broad SMARTS) is 1. The summed E-state index contributed by atoms with van der Waals surface area (Å²) in [5.41, 5.74) is -0.0871. The smallest absolute Gasteiger partial charge is 0.360 e. The Hall–Kier alpha value is -1.67. The molecule has 0 saturated carbocycles. The molecule has 0 amide bonds. The molecule has 0 fully saturated rings. The van der Waals surface area contributed by atoms with Crippen molar-refractivity contribution in [3.05, 3.63) is 48.8 Å². The Morgan fingerprint density at radius 2 is 1.95 bits per heavy atom. The number of aromatic nitrogens is 2. The number of rotatable bonds is 3. The third-order valence-corrected chi connectivity index (χ3v) is 4.01. The fourth-order valence-electron chi connectivity index (χ4n) is 1.78. The highest BCUT2D eigenvalue weighted by Gasteiger charge is 2.16. The summed E-state index contributed by atoms with van der Waals surface area (Å²) in [6.45, 7) is 1.67. The molecule has 8 heteroatoms. The van der Waals surface area contributed by atoms with Gasteiger partial charge in [-0.25, -0.2) is 9.48 Å². The summed E-state index contributed by atoms with van der Waals surface area (Å²) in [5.74, 6) is -0.807. The van der Waals surface area contributed by atoms with E-state index in [9.17, 15) is 9.59 Å². The number of hydrogen-bond acceptors (Lipinski definition) is 4. The van der Waals surface area contributed by atoms with Gasteiger partial charge in [0.05, 0.1) is 17.3 Å². The third-order valence-electron chi connectivity index (χ3n) is 2.76. The van der Waals surface area contributed by atoms with Crippen LogP contribution in [0.4, 0.5) is 0 Å². The van der Waals surface area contributed by atoms with Crippen molar-refractivity contribution in [3.8, 4) is 11.4 Å². The largest absolute Gasteiger partial charge is 0.495 e. The van der Waals surface area contributed by atoms with Gasteiger partial charge in [-0.05, 0) is 44.8 Å². The van der Waals surface area contributed by atoms with E-state index in [1.165, 1.54) is 17.9 Å². The van der Waals surface area contributed by atoms with Gasteiger partial charge in [0, 0.05) is 22.3 Å². The maximum atomic E-state index is 11.6. The minimum Gasteiger partial charge on any atom is -0.495 e. The number of nitrogens with zero attached hydrogens (tertiary/aromatic N) is 2. The van der Waals surface area contributed by atoms with Crippen molar-refractivity contribution >= 4 is 37.8 Å². The first-order chi connectivity index (χ1) is 9.85. The Balaban J connectivity index is 2.75. The molecule has 2 rings (SSSR count). The number of methoxy groups -OCH3 is 1. The first-order valence-corrected chi connectivity index (χ1v) is 7.31. The third kappa shape index (κ3) is 3.01. The van der Waals surface area contributed by atoms with Gasteiger partial charge in [-0.15, -0.1) is 0 Å². The minimum atomic E-state index is -1.37. The van der Waals surface area contributed by atoms with Crippen LogP contribution in [0, 0.1) is 6.92 Å². The molecule has 0 aliphatic carbocycles. The summed E-state index contributed by atoms with van der Waals surface area (Å²) in [5, 5.41) is 12.9. The van der Waals surface area contributed by atoms with E-state index in [4.69, 9.17) is 9.84 Å². The van der Waals surface area contributed by atoms with Gasteiger partial charge in [-0.1, -0.05) is 0 Å². The van der Waals surface area contributed by atoms with Crippen LogP contribution in [0.5, 0.6) is 5.75 Å². The van der Waals surface area contributed by atoms with Crippen molar-refractivity contribution < 1.29 is 14.6 Å². The lowest BCUT2D eigenvalue weighted by Gasteiger charge is -2.14. The second kappa shape index (κ2) is 5.98. The molecule has 1 aromatic carbocycles. The summed E-state index contributed by atoms with van der Waals surface area (Å²) in [4.78, 5) is 22.7. The predicted octanol–water partition coefficient (Wildman–Crippen LogP) is 2.77. The van der Waals surface area contributed by atoms with Crippen molar-refractivity contribution in [2.75, 3.05) is 7.11 Å². The maximum absolute atomic E-state index is 11.6. The fraction of sp³-hybridized carbons (Fsp3) is 0.154. The second-order valence-electron chi connectivity index (χ2n) is 4.15. The van der Waals surface area contributed by atoms with E-state index in [2.05, 4.69) is 37.0 Å². The normalized spacial score (nSPS) is 10.5. The molecule has 2 aromatic rings. The number of hydrogen-bond donors (Lipinski definition) is 1. The Morgan fingerprint density at radius 1 is 1.29 bits per heavy atom. The Kier molecular flexibility index (Phi) is 4.48. The summed E-state index contributed by atoms with van der Waals surface area (Å²) in [6, 6.07) is 4.68. The number of ether oxygens (including phenoxy) is 1. The van der Waals surface area contributed by atoms with Gasteiger partial charge in [0.1, 0.15) is 5.75 Å². The predicted molar refractivity (Wildman–Crippen MR) is 83.5 cm³/mol. The van der Waals surface area contributed by atoms with Crippen LogP contribution in [-0.2, 0) is 0 Å². The van der Waals surface area contributed by atoms with Crippen LogP contribution in [0.3, 0.4) is 0 Å². The van der Waals surface area contributed by atoms with Crippen LogP contribution in [0.2, 0.25) is 0 Å². The molecule has 0 unspecified atom stereocenters. The highest BCUT2D eigenvalue weighted by atomic mass is 79.9. The van der Waals surface area contributed by atoms with Crippen molar-refractivity contribution in [2.45, 2.75) is 6.92 Å². The van der Waals surface area contributed by atoms with Crippen LogP contribution in [0.25, 0.3) is 5.69 Å². The van der Waals surface area contributed by atoms with Gasteiger partial charge < -0.3 is 9.84 Å². The average Bonchev–Trinajstić information content (AvgIpc) is 2.39. The second-order valence-corrected chi connectivity index (χ2v) is 5.86. The number of aryl methyl sites for hydroxylation is 1. The van der Waals surface area contributed by atoms with Crippen molar-refractivity contribution in [3.63, 3.8) is 0 Å². The molecule has 0 saturated heterocycles. The standard InChI is InChI=1S/C13H10Br2N2O4/c1-6-3-10(18)12(13(19)20)16-17(6)9-5-11(21-2)8(15)4-7(9)14/h3-5H,1-2H3,(H,19,20). The lowest BCUT2D eigenvalue weighted by Crippen LogP contribution is -2.22. The summed E-state index contributed by atoms with van der Waals surface area (Å²) in [6.07, 6.45) is 0. The molecule has 0 bridgehead atoms. The zero-order valence-corrected chi connectivity index (χ0v) is 14.2. The van der Waals surface area contributed by atoms with Crippen molar-refractivity contribution in [1.29, 1.82) is 0 Å². The Bertz CT molecular complexity index is 786. The zero-order chi connectivity index (χ0) is 15.7. The molecule has 0 aliphatic heterocycles. The Morgan fingerprint density at radius 3 is 2.52 bits per heavy atom. The highest BCUT2D eigenvalue weighted by Crippen LogP contribution is 2.33. The first-order valence-electron chi connectivity index (χ1n) is 5.73. The SMILES string of the molecule is COc1cc(-n2nc(C(=O)O)c(=O)cc2C)c(Br)cc1Br. The van der Waals surface area contributed by atoms with E-state index in [1.54, 1.807) is 19.1 Å². The molecule has 1 heterocycles. The first kappa shape index (κ1) is 15.7. The monoisotopic (exact) mass is 416 g/mol. The van der Waals surface area contributed by atoms with E-state index >= 15 is 0 Å². The van der Waals surface area contributed by atoms with Gasteiger partial charge >= 0.3 is 5.97 Å². The van der Waals surface area contributed by atoms with Crippen LogP contribution in [0.15, 0.2) is 31.9 Å². The van der Waals surface area contributed by atoms with Crippen LogP contribution < -0.4 is 10.2 Å². The molecular weight excluding hydrogens is 408 g/mol. The lowest BCUT2D eigenvalue weighted by atomic mass is 10.2. The summed E-state index contributed by atoms with van der Waals surface area (Å²) >= 11 is 6.74. The van der Waals surface area contributed by atoms with Gasteiger partial charge in [0.15, 0.2) is 0 Å². The van der Waals surface area contributed by atoms with Crippen molar-refractivity contribution in [2.24, 2.45) is 0 Å². The molecule has 0 aliphatic rings. The van der Waals surface area contributed by atoms with E-state index < -0.39 is 17.1 Å². The van der Waals surface area contributed by atoms with E-state index in [0.717, 1.165) is 4.47 Å². The molecule has 0 spiro atoms. The number of aromatic carboxylic acids is 1. The van der Waals surface area contributed by atoms with Crippen LogP contribution in [-0.4, -0.2) is 28.0 Å².